The molecule has 136 valence electrons. The van der Waals surface area contributed by atoms with E-state index in [1.54, 1.807) is 18.3 Å². The number of carbonyl (C=O) groups excluding carboxylic acids is 1. The van der Waals surface area contributed by atoms with Crippen LogP contribution in [0.25, 0.3) is 0 Å². The third kappa shape index (κ3) is 3.36. The standard InChI is InChI=1S/C21H18ClN3OS/c1-14-5-9-17(10-6-14)24-20(15(2)26)23-25(18-11-7-16(22)8-12-18)21(24)19-4-3-13-27-19/h3-13,21H,1-2H3. The van der Waals surface area contributed by atoms with Crippen LogP contribution in [0.5, 0.6) is 0 Å². The first kappa shape index (κ1) is 17.8. The summed E-state index contributed by atoms with van der Waals surface area (Å²) in [6.45, 7) is 3.60. The lowest BCUT2D eigenvalue weighted by molar-refractivity contribution is -0.111. The van der Waals surface area contributed by atoms with Crippen molar-refractivity contribution in [1.82, 2.24) is 0 Å². The van der Waals surface area contributed by atoms with Gasteiger partial charge in [-0.25, -0.2) is 5.01 Å². The number of hydrazone groups is 1. The van der Waals surface area contributed by atoms with E-state index in [-0.39, 0.29) is 11.9 Å². The van der Waals surface area contributed by atoms with Crippen molar-refractivity contribution in [3.05, 3.63) is 81.5 Å². The molecule has 1 aliphatic heterocycles. The molecule has 27 heavy (non-hydrogen) atoms. The molecule has 6 heteroatoms. The Bertz CT molecular complexity index is 981. The highest BCUT2D eigenvalue weighted by molar-refractivity contribution is 7.10. The second-order valence-electron chi connectivity index (χ2n) is 6.40. The van der Waals surface area contributed by atoms with Crippen molar-refractivity contribution in [1.29, 1.82) is 0 Å². The average molecular weight is 396 g/mol. The molecule has 1 unspecified atom stereocenters. The molecule has 1 aromatic heterocycles. The lowest BCUT2D eigenvalue weighted by atomic mass is 10.1. The molecule has 1 aliphatic rings. The van der Waals surface area contributed by atoms with E-state index in [1.165, 1.54) is 5.56 Å². The summed E-state index contributed by atoms with van der Waals surface area (Å²) in [6, 6.07) is 19.7. The number of amidine groups is 1. The number of aryl methyl sites for hydroxylation is 1. The number of halogens is 1. The fourth-order valence-corrected chi connectivity index (χ4v) is 4.04. The average Bonchev–Trinajstić information content (AvgIpc) is 3.30. The number of hydrogen-bond acceptors (Lipinski definition) is 5. The van der Waals surface area contributed by atoms with E-state index in [0.29, 0.717) is 10.9 Å². The fraction of sp³-hybridized carbons (Fsp3) is 0.143. The molecule has 3 aromatic rings. The number of rotatable bonds is 4. The molecule has 0 saturated carbocycles. The van der Waals surface area contributed by atoms with Crippen LogP contribution >= 0.6 is 22.9 Å². The topological polar surface area (TPSA) is 35.9 Å². The van der Waals surface area contributed by atoms with Gasteiger partial charge in [0.15, 0.2) is 17.8 Å². The molecule has 4 rings (SSSR count). The van der Waals surface area contributed by atoms with E-state index in [0.717, 1.165) is 16.3 Å². The van der Waals surface area contributed by atoms with Gasteiger partial charge >= 0.3 is 0 Å². The van der Waals surface area contributed by atoms with Crippen LogP contribution in [0.2, 0.25) is 5.02 Å². The lowest BCUT2D eigenvalue weighted by Crippen LogP contribution is -2.37. The van der Waals surface area contributed by atoms with Crippen LogP contribution in [0.3, 0.4) is 0 Å². The monoisotopic (exact) mass is 395 g/mol. The Labute approximate surface area is 167 Å². The summed E-state index contributed by atoms with van der Waals surface area (Å²) < 4.78 is 0. The summed E-state index contributed by atoms with van der Waals surface area (Å²) in [5, 5.41) is 9.28. The number of ketones is 1. The van der Waals surface area contributed by atoms with Crippen molar-refractivity contribution in [2.75, 3.05) is 9.91 Å². The zero-order valence-electron chi connectivity index (χ0n) is 15.0. The van der Waals surface area contributed by atoms with Crippen LogP contribution in [-0.2, 0) is 4.79 Å². The Hall–Kier alpha value is -2.63. The van der Waals surface area contributed by atoms with Crippen LogP contribution in [0, 0.1) is 6.92 Å². The van der Waals surface area contributed by atoms with Crippen LogP contribution in [-0.4, -0.2) is 11.6 Å². The van der Waals surface area contributed by atoms with Gasteiger partial charge in [-0.1, -0.05) is 35.4 Å². The molecular formula is C21H18ClN3OS. The van der Waals surface area contributed by atoms with Gasteiger partial charge in [0, 0.05) is 22.5 Å². The first-order chi connectivity index (χ1) is 13.0. The van der Waals surface area contributed by atoms with Crippen molar-refractivity contribution < 1.29 is 4.79 Å². The highest BCUT2D eigenvalue weighted by Crippen LogP contribution is 2.40. The molecule has 0 spiro atoms. The van der Waals surface area contributed by atoms with Gasteiger partial charge in [0.25, 0.3) is 0 Å². The van der Waals surface area contributed by atoms with E-state index in [4.69, 9.17) is 16.7 Å². The highest BCUT2D eigenvalue weighted by Gasteiger charge is 2.39. The summed E-state index contributed by atoms with van der Waals surface area (Å²) in [5.74, 6) is 0.348. The van der Waals surface area contributed by atoms with Crippen molar-refractivity contribution in [2.24, 2.45) is 5.10 Å². The van der Waals surface area contributed by atoms with Crippen molar-refractivity contribution >= 4 is 45.9 Å². The molecule has 0 fully saturated rings. The second kappa shape index (κ2) is 7.18. The Balaban J connectivity index is 1.87. The lowest BCUT2D eigenvalue weighted by Gasteiger charge is -2.31. The van der Waals surface area contributed by atoms with Gasteiger partial charge in [0.2, 0.25) is 0 Å². The minimum absolute atomic E-state index is 0.0754. The number of carbonyl (C=O) groups is 1. The molecule has 2 aromatic carbocycles. The number of thiophene rings is 1. The van der Waals surface area contributed by atoms with Crippen LogP contribution in [0.15, 0.2) is 71.1 Å². The Kier molecular flexibility index (Phi) is 4.72. The maximum atomic E-state index is 12.4. The number of Topliss-reactive ketones (excluding diaryl/α,β-unsaturated/α-hetero) is 1. The van der Waals surface area contributed by atoms with Gasteiger partial charge < -0.3 is 0 Å². The predicted molar refractivity (Wildman–Crippen MR) is 113 cm³/mol. The van der Waals surface area contributed by atoms with Crippen LogP contribution in [0.1, 0.15) is 23.5 Å². The third-order valence-electron chi connectivity index (χ3n) is 4.42. The molecule has 0 radical (unpaired) electrons. The van der Waals surface area contributed by atoms with E-state index in [9.17, 15) is 4.79 Å². The van der Waals surface area contributed by atoms with Crippen molar-refractivity contribution in [2.45, 2.75) is 20.0 Å². The molecule has 2 heterocycles. The molecule has 0 amide bonds. The van der Waals surface area contributed by atoms with E-state index in [1.807, 2.05) is 76.8 Å². The number of benzene rings is 2. The highest BCUT2D eigenvalue weighted by atomic mass is 35.5. The van der Waals surface area contributed by atoms with Gasteiger partial charge in [-0.15, -0.1) is 16.4 Å². The fourth-order valence-electron chi connectivity index (χ4n) is 3.12. The minimum Gasteiger partial charge on any atom is -0.294 e. The third-order valence-corrected chi connectivity index (χ3v) is 5.59. The Morgan fingerprint density at radius 2 is 1.70 bits per heavy atom. The summed E-state index contributed by atoms with van der Waals surface area (Å²) in [7, 11) is 0. The van der Waals surface area contributed by atoms with Gasteiger partial charge in [-0.3, -0.25) is 9.69 Å². The smallest absolute Gasteiger partial charge is 0.198 e. The quantitative estimate of drug-likeness (QED) is 0.573. The van der Waals surface area contributed by atoms with E-state index >= 15 is 0 Å². The second-order valence-corrected chi connectivity index (χ2v) is 7.81. The van der Waals surface area contributed by atoms with Gasteiger partial charge in [0.05, 0.1) is 5.69 Å². The summed E-state index contributed by atoms with van der Waals surface area (Å²) in [5.41, 5.74) is 2.98. The van der Waals surface area contributed by atoms with Gasteiger partial charge in [-0.05, 0) is 54.8 Å². The molecule has 0 saturated heterocycles. The maximum Gasteiger partial charge on any atom is 0.198 e. The molecule has 0 N–H and O–H groups in total. The Morgan fingerprint density at radius 1 is 1.04 bits per heavy atom. The molecular weight excluding hydrogens is 378 g/mol. The van der Waals surface area contributed by atoms with Crippen LogP contribution < -0.4 is 9.91 Å². The minimum atomic E-state index is -0.229. The van der Waals surface area contributed by atoms with E-state index < -0.39 is 0 Å². The summed E-state index contributed by atoms with van der Waals surface area (Å²) in [4.78, 5) is 15.5. The number of anilines is 2. The summed E-state index contributed by atoms with van der Waals surface area (Å²) >= 11 is 7.70. The first-order valence-corrected chi connectivity index (χ1v) is 9.84. The molecule has 4 nitrogen and oxygen atoms in total. The normalized spacial score (nSPS) is 16.6. The zero-order chi connectivity index (χ0) is 19.0. The van der Waals surface area contributed by atoms with Gasteiger partial charge in [-0.2, -0.15) is 0 Å². The molecule has 1 atom stereocenters. The largest absolute Gasteiger partial charge is 0.294 e. The number of nitrogens with zero attached hydrogens (tertiary/aromatic N) is 3. The van der Waals surface area contributed by atoms with Crippen LogP contribution in [0.4, 0.5) is 11.4 Å². The van der Waals surface area contributed by atoms with Crippen molar-refractivity contribution in [3.63, 3.8) is 0 Å². The Morgan fingerprint density at radius 3 is 2.30 bits per heavy atom. The van der Waals surface area contributed by atoms with Gasteiger partial charge in [0.1, 0.15) is 0 Å². The first-order valence-electron chi connectivity index (χ1n) is 8.58. The SMILES string of the molecule is CC(=O)C1=NN(c2ccc(Cl)cc2)C(c2cccs2)N1c1ccc(C)cc1. The van der Waals surface area contributed by atoms with E-state index in [2.05, 4.69) is 6.07 Å². The number of hydrogen-bond donors (Lipinski definition) is 0. The molecule has 0 bridgehead atoms. The maximum absolute atomic E-state index is 12.4. The molecule has 0 aliphatic carbocycles. The predicted octanol–water partition coefficient (Wildman–Crippen LogP) is 5.64. The van der Waals surface area contributed by atoms with Crippen molar-refractivity contribution in [3.8, 4) is 0 Å². The summed E-state index contributed by atoms with van der Waals surface area (Å²) in [6.07, 6.45) is -0.229. The zero-order valence-corrected chi connectivity index (χ0v) is 16.5.